The zero-order valence-corrected chi connectivity index (χ0v) is 9.73. The third-order valence-electron chi connectivity index (χ3n) is 1.81. The highest BCUT2D eigenvalue weighted by Gasteiger charge is 2.29. The Hall–Kier alpha value is -0.850. The highest BCUT2D eigenvalue weighted by Crippen LogP contribution is 2.26. The summed E-state index contributed by atoms with van der Waals surface area (Å²) in [5, 5.41) is 9.71. The molecule has 1 aromatic rings. The Bertz CT molecular complexity index is 339. The molecule has 0 saturated heterocycles. The molecule has 3 N–H and O–H groups in total. The fourth-order valence-corrected chi connectivity index (χ4v) is 1.48. The van der Waals surface area contributed by atoms with Gasteiger partial charge < -0.3 is 20.0 Å². The van der Waals surface area contributed by atoms with Gasteiger partial charge in [0, 0.05) is 0 Å². The van der Waals surface area contributed by atoms with Crippen LogP contribution in [0.1, 0.15) is 18.8 Å². The van der Waals surface area contributed by atoms with Gasteiger partial charge in [0.05, 0.1) is 17.3 Å². The standard InChI is InChI=1S/C9H12BrNO4/c1-2-14-9(13)6(11)7(12)8-5(10)3-4-15-8/h3-4,6-7,12H,2,11H2,1H3. The van der Waals surface area contributed by atoms with Crippen molar-refractivity contribution in [1.82, 2.24) is 0 Å². The molecule has 0 bridgehead atoms. The first-order valence-corrected chi connectivity index (χ1v) is 5.20. The van der Waals surface area contributed by atoms with Crippen LogP contribution in [0.2, 0.25) is 0 Å². The van der Waals surface area contributed by atoms with E-state index < -0.39 is 18.1 Å². The van der Waals surface area contributed by atoms with Crippen molar-refractivity contribution in [2.45, 2.75) is 19.1 Å². The molecule has 2 atom stereocenters. The second-order valence-electron chi connectivity index (χ2n) is 2.86. The zero-order chi connectivity index (χ0) is 11.4. The molecule has 0 aliphatic heterocycles. The molecule has 6 heteroatoms. The fourth-order valence-electron chi connectivity index (χ4n) is 1.05. The van der Waals surface area contributed by atoms with Crippen LogP contribution in [-0.4, -0.2) is 23.7 Å². The number of rotatable bonds is 4. The van der Waals surface area contributed by atoms with Gasteiger partial charge in [-0.1, -0.05) is 0 Å². The summed E-state index contributed by atoms with van der Waals surface area (Å²) in [4.78, 5) is 11.2. The first-order chi connectivity index (χ1) is 7.07. The number of ether oxygens (including phenoxy) is 1. The quantitative estimate of drug-likeness (QED) is 0.801. The van der Waals surface area contributed by atoms with E-state index in [2.05, 4.69) is 20.7 Å². The summed E-state index contributed by atoms with van der Waals surface area (Å²) in [6.07, 6.45) is 0.175. The molecule has 0 aliphatic rings. The monoisotopic (exact) mass is 277 g/mol. The Morgan fingerprint density at radius 1 is 1.80 bits per heavy atom. The van der Waals surface area contributed by atoms with E-state index in [-0.39, 0.29) is 12.4 Å². The van der Waals surface area contributed by atoms with Gasteiger partial charge in [0.2, 0.25) is 0 Å². The van der Waals surface area contributed by atoms with Crippen molar-refractivity contribution < 1.29 is 19.1 Å². The van der Waals surface area contributed by atoms with Crippen LogP contribution >= 0.6 is 15.9 Å². The number of carbonyl (C=O) groups excluding carboxylic acids is 1. The highest BCUT2D eigenvalue weighted by molar-refractivity contribution is 9.10. The second kappa shape index (κ2) is 5.29. The number of carbonyl (C=O) groups is 1. The predicted molar refractivity (Wildman–Crippen MR) is 56.0 cm³/mol. The molecule has 0 aliphatic carbocycles. The van der Waals surface area contributed by atoms with Crippen molar-refractivity contribution in [3.63, 3.8) is 0 Å². The van der Waals surface area contributed by atoms with E-state index >= 15 is 0 Å². The van der Waals surface area contributed by atoms with Crippen LogP contribution in [0.3, 0.4) is 0 Å². The van der Waals surface area contributed by atoms with Gasteiger partial charge in [0.15, 0.2) is 0 Å². The van der Waals surface area contributed by atoms with E-state index in [9.17, 15) is 9.90 Å². The number of nitrogens with two attached hydrogens (primary N) is 1. The van der Waals surface area contributed by atoms with E-state index in [0.717, 1.165) is 0 Å². The second-order valence-corrected chi connectivity index (χ2v) is 3.71. The number of halogens is 1. The predicted octanol–water partition coefficient (Wildman–Crippen LogP) is 0.966. The average Bonchev–Trinajstić information content (AvgIpc) is 2.62. The normalized spacial score (nSPS) is 14.7. The number of esters is 1. The van der Waals surface area contributed by atoms with E-state index in [1.54, 1.807) is 13.0 Å². The van der Waals surface area contributed by atoms with E-state index in [4.69, 9.17) is 10.2 Å². The maximum absolute atomic E-state index is 11.2. The smallest absolute Gasteiger partial charge is 0.326 e. The summed E-state index contributed by atoms with van der Waals surface area (Å²) >= 11 is 3.16. The van der Waals surface area contributed by atoms with Gasteiger partial charge in [0.25, 0.3) is 0 Å². The lowest BCUT2D eigenvalue weighted by Gasteiger charge is -2.15. The largest absolute Gasteiger partial charge is 0.465 e. The number of aliphatic hydroxyl groups is 1. The molecule has 1 aromatic heterocycles. The lowest BCUT2D eigenvalue weighted by molar-refractivity contribution is -0.147. The summed E-state index contributed by atoms with van der Waals surface area (Å²) in [7, 11) is 0. The molecule has 15 heavy (non-hydrogen) atoms. The molecule has 5 nitrogen and oxygen atoms in total. The van der Waals surface area contributed by atoms with E-state index in [0.29, 0.717) is 4.47 Å². The van der Waals surface area contributed by atoms with Crippen LogP contribution in [0.5, 0.6) is 0 Å². The summed E-state index contributed by atoms with van der Waals surface area (Å²) in [5.74, 6) is -0.441. The Morgan fingerprint density at radius 3 is 2.93 bits per heavy atom. The van der Waals surface area contributed by atoms with Gasteiger partial charge in [0.1, 0.15) is 17.9 Å². The Labute approximate surface area is 95.3 Å². The topological polar surface area (TPSA) is 85.7 Å². The van der Waals surface area contributed by atoms with Crippen LogP contribution in [0, 0.1) is 0 Å². The summed E-state index contributed by atoms with van der Waals surface area (Å²) in [5.41, 5.74) is 5.50. The molecular formula is C9H12BrNO4. The summed E-state index contributed by atoms with van der Waals surface area (Å²) in [6, 6.07) is 0.462. The Kier molecular flexibility index (Phi) is 4.31. The SMILES string of the molecule is CCOC(=O)C(N)C(O)c1occc1Br. The Balaban J connectivity index is 2.72. The summed E-state index contributed by atoms with van der Waals surface area (Å²) < 4.78 is 10.2. The molecule has 0 amide bonds. The first-order valence-electron chi connectivity index (χ1n) is 4.41. The zero-order valence-electron chi connectivity index (χ0n) is 8.14. The third kappa shape index (κ3) is 2.80. The van der Waals surface area contributed by atoms with Gasteiger partial charge in [-0.2, -0.15) is 0 Å². The van der Waals surface area contributed by atoms with Crippen molar-refractivity contribution in [3.05, 3.63) is 22.6 Å². The van der Waals surface area contributed by atoms with Crippen molar-refractivity contribution >= 4 is 21.9 Å². The van der Waals surface area contributed by atoms with Crippen molar-refractivity contribution in [1.29, 1.82) is 0 Å². The molecule has 1 rings (SSSR count). The molecule has 0 radical (unpaired) electrons. The lowest BCUT2D eigenvalue weighted by atomic mass is 10.1. The van der Waals surface area contributed by atoms with E-state index in [1.165, 1.54) is 6.26 Å². The number of hydrogen-bond donors (Lipinski definition) is 2. The van der Waals surface area contributed by atoms with Crippen LogP contribution in [0.4, 0.5) is 0 Å². The highest BCUT2D eigenvalue weighted by atomic mass is 79.9. The summed E-state index contributed by atoms with van der Waals surface area (Å²) in [6.45, 7) is 1.89. The van der Waals surface area contributed by atoms with Crippen LogP contribution in [-0.2, 0) is 9.53 Å². The minimum Gasteiger partial charge on any atom is -0.465 e. The third-order valence-corrected chi connectivity index (χ3v) is 2.47. The van der Waals surface area contributed by atoms with Crippen LogP contribution in [0.15, 0.2) is 21.2 Å². The maximum Gasteiger partial charge on any atom is 0.326 e. The molecule has 0 aromatic carbocycles. The molecule has 0 saturated carbocycles. The number of furan rings is 1. The number of hydrogen-bond acceptors (Lipinski definition) is 5. The lowest BCUT2D eigenvalue weighted by Crippen LogP contribution is -2.38. The van der Waals surface area contributed by atoms with Crippen LogP contribution < -0.4 is 5.73 Å². The van der Waals surface area contributed by atoms with Crippen molar-refractivity contribution in [3.8, 4) is 0 Å². The molecule has 0 fully saturated rings. The van der Waals surface area contributed by atoms with E-state index in [1.807, 2.05) is 0 Å². The van der Waals surface area contributed by atoms with Gasteiger partial charge in [-0.05, 0) is 28.9 Å². The minimum atomic E-state index is -1.21. The van der Waals surface area contributed by atoms with Gasteiger partial charge >= 0.3 is 5.97 Å². The first kappa shape index (κ1) is 12.2. The van der Waals surface area contributed by atoms with Crippen molar-refractivity contribution in [2.75, 3.05) is 6.61 Å². The van der Waals surface area contributed by atoms with Crippen LogP contribution in [0.25, 0.3) is 0 Å². The Morgan fingerprint density at radius 2 is 2.47 bits per heavy atom. The van der Waals surface area contributed by atoms with Crippen molar-refractivity contribution in [2.24, 2.45) is 5.73 Å². The van der Waals surface area contributed by atoms with Gasteiger partial charge in [-0.15, -0.1) is 0 Å². The maximum atomic E-state index is 11.2. The minimum absolute atomic E-state index is 0.218. The average molecular weight is 278 g/mol. The molecule has 84 valence electrons. The molecule has 1 heterocycles. The molecule has 0 spiro atoms. The fraction of sp³-hybridized carbons (Fsp3) is 0.444. The number of aliphatic hydroxyl groups excluding tert-OH is 1. The molecular weight excluding hydrogens is 266 g/mol. The van der Waals surface area contributed by atoms with Gasteiger partial charge in [-0.25, -0.2) is 0 Å². The van der Waals surface area contributed by atoms with Gasteiger partial charge in [-0.3, -0.25) is 4.79 Å². The molecule has 2 unspecified atom stereocenters.